The van der Waals surface area contributed by atoms with E-state index < -0.39 is 42.4 Å². The average Bonchev–Trinajstić information content (AvgIpc) is 2.95. The smallest absolute Gasteiger partial charge is 0.330 e. The van der Waals surface area contributed by atoms with Crippen LogP contribution >= 0.6 is 0 Å². The second kappa shape index (κ2) is 4.81. The Morgan fingerprint density at radius 1 is 1.32 bits per heavy atom. The fraction of sp³-hybridized carbons (Fsp3) is 0.500. The van der Waals surface area contributed by atoms with E-state index in [2.05, 4.69) is 9.97 Å². The van der Waals surface area contributed by atoms with Gasteiger partial charge >= 0.3 is 5.69 Å². The van der Waals surface area contributed by atoms with E-state index in [1.165, 1.54) is 0 Å². The van der Waals surface area contributed by atoms with Crippen molar-refractivity contribution in [2.75, 3.05) is 18.2 Å². The molecule has 12 heteroatoms. The summed E-state index contributed by atoms with van der Waals surface area (Å²) in [5.74, 6) is 5.04. The number of hydrogen-bond donors (Lipinski definition) is 6. The van der Waals surface area contributed by atoms with Crippen LogP contribution in [0.3, 0.4) is 0 Å². The van der Waals surface area contributed by atoms with Crippen molar-refractivity contribution in [2.24, 2.45) is 0 Å². The second-order valence-corrected chi connectivity index (χ2v) is 4.87. The maximum atomic E-state index is 12.1. The molecule has 2 aromatic rings. The molecule has 1 aliphatic heterocycles. The Labute approximate surface area is 121 Å². The standard InChI is InChI=1S/C10H14N6O6/c11-9-14-6-3(7(20)16(9)12)13-10(21)15(6)8-5(19)4(18)2(1-17)22-8/h2,4-5,8,17-19H,1,12H2,(H2,11,14)(H,13,21)/t2-,4?,5?,8-/m1/s1. The third-order valence-electron chi connectivity index (χ3n) is 3.57. The molecule has 2 aromatic heterocycles. The van der Waals surface area contributed by atoms with Crippen LogP contribution in [0, 0.1) is 0 Å². The lowest BCUT2D eigenvalue weighted by Gasteiger charge is -2.15. The van der Waals surface area contributed by atoms with E-state index in [4.69, 9.17) is 21.4 Å². The van der Waals surface area contributed by atoms with Gasteiger partial charge in [-0.05, 0) is 0 Å². The first-order valence-corrected chi connectivity index (χ1v) is 6.27. The number of imidazole rings is 1. The van der Waals surface area contributed by atoms with E-state index in [0.717, 1.165) is 4.57 Å². The molecule has 0 amide bonds. The van der Waals surface area contributed by atoms with Crippen molar-refractivity contribution in [3.05, 3.63) is 20.8 Å². The van der Waals surface area contributed by atoms with E-state index >= 15 is 0 Å². The lowest BCUT2D eigenvalue weighted by Crippen LogP contribution is -2.35. The van der Waals surface area contributed by atoms with Gasteiger partial charge in [-0.1, -0.05) is 0 Å². The van der Waals surface area contributed by atoms with Crippen molar-refractivity contribution in [3.8, 4) is 0 Å². The van der Waals surface area contributed by atoms with Crippen LogP contribution in [0.25, 0.3) is 11.2 Å². The minimum absolute atomic E-state index is 0.177. The summed E-state index contributed by atoms with van der Waals surface area (Å²) in [6.45, 7) is -0.559. The maximum Gasteiger partial charge on any atom is 0.330 e. The molecule has 0 aromatic carbocycles. The number of H-pyrrole nitrogens is 1. The number of aromatic amines is 1. The van der Waals surface area contributed by atoms with E-state index in [1.807, 2.05) is 0 Å². The molecule has 3 rings (SSSR count). The van der Waals surface area contributed by atoms with Gasteiger partial charge in [0, 0.05) is 0 Å². The van der Waals surface area contributed by atoms with Gasteiger partial charge in [0.2, 0.25) is 5.95 Å². The van der Waals surface area contributed by atoms with Crippen LogP contribution in [0.1, 0.15) is 6.23 Å². The van der Waals surface area contributed by atoms with Gasteiger partial charge in [-0.2, -0.15) is 9.66 Å². The molecule has 4 atom stereocenters. The summed E-state index contributed by atoms with van der Waals surface area (Å²) in [6, 6.07) is 0. The Morgan fingerprint density at radius 2 is 2.00 bits per heavy atom. The Hall–Kier alpha value is -2.41. The number of nitrogens with zero attached hydrogens (tertiary/aromatic N) is 3. The summed E-state index contributed by atoms with van der Waals surface area (Å²) in [6.07, 6.45) is -5.33. The molecule has 8 N–H and O–H groups in total. The van der Waals surface area contributed by atoms with Crippen molar-refractivity contribution < 1.29 is 20.1 Å². The molecule has 1 aliphatic rings. The van der Waals surface area contributed by atoms with Crippen molar-refractivity contribution in [2.45, 2.75) is 24.5 Å². The minimum Gasteiger partial charge on any atom is -0.394 e. The summed E-state index contributed by atoms with van der Waals surface area (Å²) in [5, 5.41) is 28.8. The van der Waals surface area contributed by atoms with E-state index in [1.54, 1.807) is 0 Å². The average molecular weight is 314 g/mol. The number of aliphatic hydroxyl groups excluding tert-OH is 3. The van der Waals surface area contributed by atoms with Gasteiger partial charge in [-0.25, -0.2) is 9.36 Å². The zero-order valence-electron chi connectivity index (χ0n) is 11.1. The largest absolute Gasteiger partial charge is 0.394 e. The molecule has 3 heterocycles. The molecule has 0 radical (unpaired) electrons. The number of nitrogens with two attached hydrogens (primary N) is 2. The lowest BCUT2D eigenvalue weighted by atomic mass is 10.1. The van der Waals surface area contributed by atoms with Gasteiger partial charge in [0.15, 0.2) is 17.4 Å². The Bertz CT molecular complexity index is 839. The number of nitrogens with one attached hydrogen (secondary N) is 1. The number of aromatic nitrogens is 4. The molecule has 22 heavy (non-hydrogen) atoms. The van der Waals surface area contributed by atoms with Crippen LogP contribution in [0.2, 0.25) is 0 Å². The third kappa shape index (κ3) is 1.82. The molecule has 120 valence electrons. The Morgan fingerprint density at radius 3 is 2.59 bits per heavy atom. The summed E-state index contributed by atoms with van der Waals surface area (Å²) in [7, 11) is 0. The predicted molar refractivity (Wildman–Crippen MR) is 72.2 cm³/mol. The Kier molecular flexibility index (Phi) is 3.17. The number of ether oxygens (including phenoxy) is 1. The second-order valence-electron chi connectivity index (χ2n) is 4.87. The predicted octanol–water partition coefficient (Wildman–Crippen LogP) is -4.21. The monoisotopic (exact) mass is 314 g/mol. The first-order chi connectivity index (χ1) is 10.4. The maximum absolute atomic E-state index is 12.1. The van der Waals surface area contributed by atoms with Crippen LogP contribution in [0.15, 0.2) is 9.59 Å². The summed E-state index contributed by atoms with van der Waals surface area (Å²) in [5.41, 5.74) is 3.49. The van der Waals surface area contributed by atoms with Crippen LogP contribution in [-0.4, -0.2) is 59.4 Å². The van der Waals surface area contributed by atoms with Crippen LogP contribution in [0.4, 0.5) is 5.95 Å². The molecule has 0 aliphatic carbocycles. The fourth-order valence-corrected chi connectivity index (χ4v) is 2.41. The molecule has 12 nitrogen and oxygen atoms in total. The molecular formula is C10H14N6O6. The quantitative estimate of drug-likeness (QED) is 0.298. The highest BCUT2D eigenvalue weighted by Crippen LogP contribution is 2.29. The van der Waals surface area contributed by atoms with Gasteiger partial charge in [-0.15, -0.1) is 0 Å². The number of nitrogen functional groups attached to an aromatic ring is 2. The molecule has 0 bridgehead atoms. The van der Waals surface area contributed by atoms with E-state index in [0.29, 0.717) is 4.68 Å². The van der Waals surface area contributed by atoms with Gasteiger partial charge in [0.1, 0.15) is 18.3 Å². The lowest BCUT2D eigenvalue weighted by molar-refractivity contribution is -0.0524. The molecule has 0 saturated carbocycles. The Balaban J connectivity index is 2.22. The van der Waals surface area contributed by atoms with Gasteiger partial charge in [-0.3, -0.25) is 9.78 Å². The summed E-state index contributed by atoms with van der Waals surface area (Å²) in [4.78, 5) is 30.1. The van der Waals surface area contributed by atoms with Crippen molar-refractivity contribution in [1.29, 1.82) is 0 Å². The highest BCUT2D eigenvalue weighted by Gasteiger charge is 2.44. The summed E-state index contributed by atoms with van der Waals surface area (Å²) < 4.78 is 6.65. The highest BCUT2D eigenvalue weighted by molar-refractivity contribution is 5.71. The number of anilines is 1. The normalized spacial score (nSPS) is 28.5. The van der Waals surface area contributed by atoms with Crippen LogP contribution in [-0.2, 0) is 4.74 Å². The first-order valence-electron chi connectivity index (χ1n) is 6.27. The molecule has 0 spiro atoms. The zero-order valence-corrected chi connectivity index (χ0v) is 11.1. The van der Waals surface area contributed by atoms with Crippen molar-refractivity contribution in [3.63, 3.8) is 0 Å². The SMILES string of the molecule is Nc1nc2c([nH]c(=O)n2[C@@H]2O[C@H](CO)C(O)C2O)c(=O)n1N. The van der Waals surface area contributed by atoms with Crippen molar-refractivity contribution in [1.82, 2.24) is 19.2 Å². The number of rotatable bonds is 2. The molecular weight excluding hydrogens is 300 g/mol. The fourth-order valence-electron chi connectivity index (χ4n) is 2.41. The van der Waals surface area contributed by atoms with Crippen LogP contribution < -0.4 is 22.8 Å². The minimum atomic E-state index is -1.50. The molecule has 1 fully saturated rings. The van der Waals surface area contributed by atoms with Gasteiger partial charge in [0.25, 0.3) is 5.56 Å². The zero-order chi connectivity index (χ0) is 16.2. The topological polar surface area (TPSA) is 195 Å². The molecule has 1 saturated heterocycles. The van der Waals surface area contributed by atoms with Gasteiger partial charge < -0.3 is 31.6 Å². The highest BCUT2D eigenvalue weighted by atomic mass is 16.6. The van der Waals surface area contributed by atoms with Crippen LogP contribution in [0.5, 0.6) is 0 Å². The van der Waals surface area contributed by atoms with E-state index in [-0.39, 0.29) is 17.1 Å². The van der Waals surface area contributed by atoms with Crippen molar-refractivity contribution >= 4 is 17.1 Å². The molecule has 2 unspecified atom stereocenters. The first kappa shape index (κ1) is 14.5. The number of aliphatic hydroxyl groups is 3. The van der Waals surface area contributed by atoms with E-state index in [9.17, 15) is 19.8 Å². The number of hydrogen-bond acceptors (Lipinski definition) is 9. The third-order valence-corrected chi connectivity index (χ3v) is 3.57. The van der Waals surface area contributed by atoms with Gasteiger partial charge in [0.05, 0.1) is 6.61 Å². The number of fused-ring (bicyclic) bond motifs is 1. The summed E-state index contributed by atoms with van der Waals surface area (Å²) >= 11 is 0.